The molecule has 3 rings (SSSR count). The van der Waals surface area contributed by atoms with E-state index in [0.717, 1.165) is 0 Å². The predicted molar refractivity (Wildman–Crippen MR) is 45.3 cm³/mol. The average Bonchev–Trinajstić information content (AvgIpc) is 2.34. The third kappa shape index (κ3) is 1.30. The van der Waals surface area contributed by atoms with E-state index in [9.17, 15) is 13.6 Å². The van der Waals surface area contributed by atoms with Gasteiger partial charge in [-0.15, -0.1) is 0 Å². The Kier molecular flexibility index (Phi) is 2.03. The Morgan fingerprint density at radius 2 is 2.07 bits per heavy atom. The van der Waals surface area contributed by atoms with E-state index >= 15 is 0 Å². The largest absolute Gasteiger partial charge is 0.480 e. The van der Waals surface area contributed by atoms with Crippen LogP contribution in [0.2, 0.25) is 0 Å². The Balaban J connectivity index is 2.25. The Morgan fingerprint density at radius 1 is 1.36 bits per heavy atom. The fourth-order valence-corrected chi connectivity index (χ4v) is 2.38. The van der Waals surface area contributed by atoms with Gasteiger partial charge in [-0.05, 0) is 19.3 Å². The first-order chi connectivity index (χ1) is 6.46. The van der Waals surface area contributed by atoms with E-state index in [-0.39, 0.29) is 19.4 Å². The summed E-state index contributed by atoms with van der Waals surface area (Å²) in [5.41, 5.74) is -1.09. The number of hydrogen-bond acceptors (Lipinski definition) is 2. The molecule has 3 nitrogen and oxygen atoms in total. The van der Waals surface area contributed by atoms with Gasteiger partial charge in [-0.2, -0.15) is 0 Å². The zero-order chi connectivity index (χ0) is 10.4. The molecule has 3 fully saturated rings. The molecule has 1 saturated carbocycles. The predicted octanol–water partition coefficient (Wildman–Crippen LogP) is 1.24. The van der Waals surface area contributed by atoms with Crippen LogP contribution in [0.4, 0.5) is 8.78 Å². The number of piperidine rings is 1. The topological polar surface area (TPSA) is 49.3 Å². The molecule has 0 aromatic carbocycles. The first-order valence-corrected chi connectivity index (χ1v) is 4.83. The van der Waals surface area contributed by atoms with Crippen molar-refractivity contribution in [1.29, 1.82) is 0 Å². The van der Waals surface area contributed by atoms with Crippen LogP contribution in [0.15, 0.2) is 0 Å². The Bertz CT molecular complexity index is 260. The summed E-state index contributed by atoms with van der Waals surface area (Å²) < 4.78 is 26.7. The van der Waals surface area contributed by atoms with E-state index in [2.05, 4.69) is 5.32 Å². The van der Waals surface area contributed by atoms with Crippen molar-refractivity contribution in [3.63, 3.8) is 0 Å². The van der Waals surface area contributed by atoms with Gasteiger partial charge in [-0.25, -0.2) is 8.78 Å². The fraction of sp³-hybridized carbons (Fsp3) is 0.889. The highest BCUT2D eigenvalue weighted by atomic mass is 19.3. The summed E-state index contributed by atoms with van der Waals surface area (Å²) in [6, 6.07) is 0. The van der Waals surface area contributed by atoms with Gasteiger partial charge in [0, 0.05) is 18.9 Å². The lowest BCUT2D eigenvalue weighted by Gasteiger charge is -2.34. The minimum Gasteiger partial charge on any atom is -0.480 e. The summed E-state index contributed by atoms with van der Waals surface area (Å²) in [5.74, 6) is -4.37. The number of nitrogens with one attached hydrogen (secondary N) is 1. The van der Waals surface area contributed by atoms with Crippen LogP contribution in [0, 0.1) is 5.92 Å². The van der Waals surface area contributed by atoms with E-state index < -0.39 is 23.3 Å². The van der Waals surface area contributed by atoms with Crippen molar-refractivity contribution in [2.75, 3.05) is 6.54 Å². The van der Waals surface area contributed by atoms with Crippen LogP contribution in [0.3, 0.4) is 0 Å². The SMILES string of the molecule is O=C(O)[C@]12CC[C@H](CN1)C(F)(F)CC2. The number of carboxylic acids is 1. The monoisotopic (exact) mass is 205 g/mol. The van der Waals surface area contributed by atoms with Crippen LogP contribution in [0.1, 0.15) is 25.7 Å². The molecule has 0 unspecified atom stereocenters. The van der Waals surface area contributed by atoms with Gasteiger partial charge in [0.2, 0.25) is 0 Å². The first-order valence-electron chi connectivity index (χ1n) is 4.83. The van der Waals surface area contributed by atoms with Crippen molar-refractivity contribution in [2.24, 2.45) is 5.92 Å². The molecule has 2 bridgehead atoms. The molecule has 0 spiro atoms. The quantitative estimate of drug-likeness (QED) is 0.677. The third-order valence-corrected chi connectivity index (χ3v) is 3.50. The second-order valence-electron chi connectivity index (χ2n) is 4.26. The Morgan fingerprint density at radius 3 is 2.57 bits per heavy atom. The Labute approximate surface area is 80.5 Å². The standard InChI is InChI=1S/C9H13F2NO2/c10-9(11)4-3-8(7(13)14)2-1-6(9)5-12-8/h6,12H,1-5H2,(H,13,14)/t6-,8-/m1/s1. The highest BCUT2D eigenvalue weighted by molar-refractivity contribution is 5.79. The normalized spacial score (nSPS) is 40.6. The van der Waals surface area contributed by atoms with Gasteiger partial charge in [0.15, 0.2) is 0 Å². The molecule has 2 saturated heterocycles. The van der Waals surface area contributed by atoms with Gasteiger partial charge in [0.1, 0.15) is 5.54 Å². The van der Waals surface area contributed by atoms with E-state index in [0.29, 0.717) is 12.8 Å². The number of hydrogen-bond donors (Lipinski definition) is 2. The van der Waals surface area contributed by atoms with Gasteiger partial charge in [0.25, 0.3) is 5.92 Å². The molecule has 2 atom stereocenters. The summed E-state index contributed by atoms with van der Waals surface area (Å²) in [5, 5.41) is 11.8. The molecular formula is C9H13F2NO2. The number of alkyl halides is 2. The minimum atomic E-state index is -2.69. The maximum Gasteiger partial charge on any atom is 0.323 e. The summed E-state index contributed by atoms with van der Waals surface area (Å²) >= 11 is 0. The number of halogens is 2. The fourth-order valence-electron chi connectivity index (χ4n) is 2.38. The molecule has 0 aromatic rings. The number of carbonyl (C=O) groups is 1. The van der Waals surface area contributed by atoms with E-state index in [1.807, 2.05) is 0 Å². The number of rotatable bonds is 1. The molecular weight excluding hydrogens is 192 g/mol. The smallest absolute Gasteiger partial charge is 0.323 e. The molecule has 2 heterocycles. The lowest BCUT2D eigenvalue weighted by molar-refractivity contribution is -0.146. The maximum absolute atomic E-state index is 13.4. The van der Waals surface area contributed by atoms with Crippen LogP contribution < -0.4 is 5.32 Å². The van der Waals surface area contributed by atoms with Gasteiger partial charge < -0.3 is 10.4 Å². The summed E-state index contributed by atoms with van der Waals surface area (Å²) in [6.45, 7) is 0.124. The van der Waals surface area contributed by atoms with Crippen molar-refractivity contribution in [3.8, 4) is 0 Å². The second-order valence-corrected chi connectivity index (χ2v) is 4.26. The van der Waals surface area contributed by atoms with Crippen LogP contribution >= 0.6 is 0 Å². The molecule has 80 valence electrons. The maximum atomic E-state index is 13.4. The number of aliphatic carboxylic acids is 1. The number of carboxylic acid groups (broad SMARTS) is 1. The molecule has 0 radical (unpaired) electrons. The van der Waals surface area contributed by atoms with Crippen molar-refractivity contribution >= 4 is 5.97 Å². The summed E-state index contributed by atoms with van der Waals surface area (Å²) in [6.07, 6.45) is 0.359. The van der Waals surface area contributed by atoms with Crippen molar-refractivity contribution in [2.45, 2.75) is 37.1 Å². The molecule has 2 aliphatic heterocycles. The molecule has 2 N–H and O–H groups in total. The van der Waals surface area contributed by atoms with E-state index in [1.54, 1.807) is 0 Å². The van der Waals surface area contributed by atoms with Crippen LogP contribution in [-0.2, 0) is 4.79 Å². The lowest BCUT2D eigenvalue weighted by atomic mass is 9.86. The summed E-state index contributed by atoms with van der Waals surface area (Å²) in [4.78, 5) is 11.0. The molecule has 0 aromatic heterocycles. The highest BCUT2D eigenvalue weighted by Crippen LogP contribution is 2.43. The zero-order valence-corrected chi connectivity index (χ0v) is 7.72. The Hall–Kier alpha value is -0.710. The number of fused-ring (bicyclic) bond motifs is 4. The molecule has 14 heavy (non-hydrogen) atoms. The molecule has 1 aliphatic carbocycles. The first kappa shape index (κ1) is 9.83. The average molecular weight is 205 g/mol. The lowest BCUT2D eigenvalue weighted by Crippen LogP contribution is -2.55. The summed E-state index contributed by atoms with van der Waals surface area (Å²) in [7, 11) is 0. The molecule has 3 aliphatic rings. The zero-order valence-electron chi connectivity index (χ0n) is 7.72. The second kappa shape index (κ2) is 2.89. The van der Waals surface area contributed by atoms with Crippen molar-refractivity contribution in [1.82, 2.24) is 5.32 Å². The van der Waals surface area contributed by atoms with Gasteiger partial charge in [-0.1, -0.05) is 0 Å². The molecule has 5 heteroatoms. The van der Waals surface area contributed by atoms with Crippen molar-refractivity contribution in [3.05, 3.63) is 0 Å². The van der Waals surface area contributed by atoms with Crippen LogP contribution in [0.5, 0.6) is 0 Å². The highest BCUT2D eigenvalue weighted by Gasteiger charge is 2.53. The molecule has 0 amide bonds. The van der Waals surface area contributed by atoms with Gasteiger partial charge in [-0.3, -0.25) is 4.79 Å². The minimum absolute atomic E-state index is 0.0336. The van der Waals surface area contributed by atoms with E-state index in [4.69, 9.17) is 5.11 Å². The van der Waals surface area contributed by atoms with E-state index in [1.165, 1.54) is 0 Å². The van der Waals surface area contributed by atoms with Crippen LogP contribution in [0.25, 0.3) is 0 Å². The van der Waals surface area contributed by atoms with Crippen molar-refractivity contribution < 1.29 is 18.7 Å². The van der Waals surface area contributed by atoms with Crippen LogP contribution in [-0.4, -0.2) is 29.1 Å². The van der Waals surface area contributed by atoms with Gasteiger partial charge >= 0.3 is 5.97 Å². The van der Waals surface area contributed by atoms with Gasteiger partial charge in [0.05, 0.1) is 0 Å². The third-order valence-electron chi connectivity index (χ3n) is 3.50.